The van der Waals surface area contributed by atoms with Gasteiger partial charge < -0.3 is 10.2 Å². The minimum absolute atomic E-state index is 0.0404. The third-order valence-corrected chi connectivity index (χ3v) is 6.43. The molecule has 1 N–H and O–H groups in total. The average molecular weight is 367 g/mol. The van der Waals surface area contributed by atoms with Crippen molar-refractivity contribution in [2.24, 2.45) is 11.8 Å². The zero-order valence-electron chi connectivity index (χ0n) is 15.0. The molecule has 1 heterocycles. The fraction of sp³-hybridized carbons (Fsp3) is 0.529. The number of carbonyl (C=O) groups is 2. The highest BCUT2D eigenvalue weighted by molar-refractivity contribution is 7.89. The molecule has 25 heavy (non-hydrogen) atoms. The molecule has 0 aromatic heterocycles. The van der Waals surface area contributed by atoms with E-state index in [0.717, 1.165) is 4.31 Å². The number of carbonyl (C=O) groups excluding carboxylic acids is 2. The van der Waals surface area contributed by atoms with Crippen LogP contribution in [-0.4, -0.2) is 63.2 Å². The van der Waals surface area contributed by atoms with Crippen LogP contribution >= 0.6 is 0 Å². The van der Waals surface area contributed by atoms with Gasteiger partial charge in [0.05, 0.1) is 11.4 Å². The van der Waals surface area contributed by atoms with Gasteiger partial charge in [0.15, 0.2) is 0 Å². The van der Waals surface area contributed by atoms with Crippen molar-refractivity contribution >= 4 is 21.8 Å². The Morgan fingerprint density at radius 2 is 1.80 bits per heavy atom. The van der Waals surface area contributed by atoms with Gasteiger partial charge in [0.1, 0.15) is 0 Å². The summed E-state index contributed by atoms with van der Waals surface area (Å²) < 4.78 is 25.4. The number of nitrogens with one attached hydrogen (secondary N) is 1. The highest BCUT2D eigenvalue weighted by Gasteiger charge is 2.29. The van der Waals surface area contributed by atoms with Crippen LogP contribution in [0.15, 0.2) is 29.2 Å². The summed E-state index contributed by atoms with van der Waals surface area (Å²) in [5, 5.41) is 2.57. The summed E-state index contributed by atoms with van der Waals surface area (Å²) in [6.07, 6.45) is 0. The Morgan fingerprint density at radius 3 is 2.36 bits per heavy atom. The van der Waals surface area contributed by atoms with Crippen molar-refractivity contribution in [2.75, 3.05) is 33.7 Å². The molecule has 1 fully saturated rings. The van der Waals surface area contributed by atoms with Crippen LogP contribution in [0.3, 0.4) is 0 Å². The number of sulfonamides is 1. The van der Waals surface area contributed by atoms with Gasteiger partial charge in [-0.1, -0.05) is 19.9 Å². The van der Waals surface area contributed by atoms with Gasteiger partial charge in [0.25, 0.3) is 5.91 Å². The van der Waals surface area contributed by atoms with Crippen LogP contribution < -0.4 is 5.32 Å². The molecule has 1 aliphatic heterocycles. The molecule has 7 nitrogen and oxygen atoms in total. The maximum atomic E-state index is 12.3. The van der Waals surface area contributed by atoms with E-state index in [1.807, 2.05) is 0 Å². The zero-order valence-corrected chi connectivity index (χ0v) is 15.8. The third kappa shape index (κ3) is 4.38. The summed E-state index contributed by atoms with van der Waals surface area (Å²) in [5.41, 5.74) is 0.207. The van der Waals surface area contributed by atoms with Crippen molar-refractivity contribution in [2.45, 2.75) is 18.7 Å². The fourth-order valence-electron chi connectivity index (χ4n) is 2.71. The number of nitrogens with zero attached hydrogens (tertiary/aromatic N) is 2. The van der Waals surface area contributed by atoms with Crippen LogP contribution in [0.4, 0.5) is 0 Å². The second-order valence-electron chi connectivity index (χ2n) is 6.75. The molecule has 1 aliphatic rings. The first-order valence-electron chi connectivity index (χ1n) is 8.21. The predicted molar refractivity (Wildman–Crippen MR) is 94.6 cm³/mol. The lowest BCUT2D eigenvalue weighted by Crippen LogP contribution is -2.39. The van der Waals surface area contributed by atoms with Crippen molar-refractivity contribution < 1.29 is 18.0 Å². The number of amides is 2. The van der Waals surface area contributed by atoms with E-state index in [-0.39, 0.29) is 22.9 Å². The lowest BCUT2D eigenvalue weighted by atomic mass is 10.0. The van der Waals surface area contributed by atoms with Crippen LogP contribution in [0.1, 0.15) is 24.2 Å². The van der Waals surface area contributed by atoms with Crippen LogP contribution in [-0.2, 0) is 14.8 Å². The minimum atomic E-state index is -3.61. The summed E-state index contributed by atoms with van der Waals surface area (Å²) in [6, 6.07) is 5.78. The van der Waals surface area contributed by atoms with Crippen molar-refractivity contribution in [3.05, 3.63) is 29.8 Å². The maximum absolute atomic E-state index is 12.3. The van der Waals surface area contributed by atoms with Crippen molar-refractivity contribution in [1.29, 1.82) is 0 Å². The van der Waals surface area contributed by atoms with Crippen LogP contribution in [0.2, 0.25) is 0 Å². The summed E-state index contributed by atoms with van der Waals surface area (Å²) in [6.45, 7) is 5.52. The van der Waals surface area contributed by atoms with E-state index in [1.54, 1.807) is 4.90 Å². The van der Waals surface area contributed by atoms with E-state index in [9.17, 15) is 18.0 Å². The standard InChI is InChI=1S/C17H25N3O4S/c1-12-10-20(11-13(12)2)16(21)9-18-17(22)14-6-5-7-15(8-14)25(23,24)19(3)4/h5-8,12-13H,9-11H2,1-4H3,(H,18,22)/t12-,13-/m1/s1. The van der Waals surface area contributed by atoms with E-state index >= 15 is 0 Å². The van der Waals surface area contributed by atoms with Crippen molar-refractivity contribution in [3.63, 3.8) is 0 Å². The SMILES string of the molecule is C[C@@H]1CN(C(=O)CNC(=O)c2cccc(S(=O)(=O)N(C)C)c2)C[C@H]1C. The van der Waals surface area contributed by atoms with E-state index < -0.39 is 15.9 Å². The fourth-order valence-corrected chi connectivity index (χ4v) is 3.66. The van der Waals surface area contributed by atoms with Crippen LogP contribution in [0.5, 0.6) is 0 Å². The van der Waals surface area contributed by atoms with Gasteiger partial charge in [-0.2, -0.15) is 0 Å². The molecule has 0 bridgehead atoms. The molecule has 138 valence electrons. The highest BCUT2D eigenvalue weighted by atomic mass is 32.2. The van der Waals surface area contributed by atoms with Gasteiger partial charge in [-0.15, -0.1) is 0 Å². The highest BCUT2D eigenvalue weighted by Crippen LogP contribution is 2.21. The normalized spacial score (nSPS) is 20.8. The number of rotatable bonds is 5. The molecule has 2 atom stereocenters. The Labute approximate surface area is 149 Å². The zero-order chi connectivity index (χ0) is 18.8. The van der Waals surface area contributed by atoms with E-state index in [4.69, 9.17) is 0 Å². The number of hydrogen-bond donors (Lipinski definition) is 1. The first kappa shape index (κ1) is 19.4. The summed E-state index contributed by atoms with van der Waals surface area (Å²) in [4.78, 5) is 26.2. The number of benzene rings is 1. The summed E-state index contributed by atoms with van der Waals surface area (Å²) >= 11 is 0. The van der Waals surface area contributed by atoms with Gasteiger partial charge in [0, 0.05) is 32.7 Å². The first-order chi connectivity index (χ1) is 11.6. The van der Waals surface area contributed by atoms with Gasteiger partial charge >= 0.3 is 0 Å². The molecule has 1 aromatic rings. The van der Waals surface area contributed by atoms with Gasteiger partial charge in [0.2, 0.25) is 15.9 Å². The number of hydrogen-bond acceptors (Lipinski definition) is 4. The molecule has 1 aromatic carbocycles. The second kappa shape index (κ2) is 7.53. The lowest BCUT2D eigenvalue weighted by Gasteiger charge is -2.16. The second-order valence-corrected chi connectivity index (χ2v) is 8.90. The molecule has 1 saturated heterocycles. The third-order valence-electron chi connectivity index (χ3n) is 4.62. The van der Waals surface area contributed by atoms with E-state index in [2.05, 4.69) is 19.2 Å². The lowest BCUT2D eigenvalue weighted by molar-refractivity contribution is -0.129. The Kier molecular flexibility index (Phi) is 5.84. The molecular formula is C17H25N3O4S. The Hall–Kier alpha value is -1.93. The molecule has 0 unspecified atom stereocenters. The van der Waals surface area contributed by atoms with Gasteiger partial charge in [-0.05, 0) is 30.0 Å². The molecule has 0 spiro atoms. The number of likely N-dealkylation sites (tertiary alicyclic amines) is 1. The molecule has 8 heteroatoms. The topological polar surface area (TPSA) is 86.8 Å². The van der Waals surface area contributed by atoms with E-state index in [0.29, 0.717) is 24.9 Å². The summed E-state index contributed by atoms with van der Waals surface area (Å²) in [7, 11) is -0.753. The monoisotopic (exact) mass is 367 g/mol. The Morgan fingerprint density at radius 1 is 1.20 bits per heavy atom. The van der Waals surface area contributed by atoms with Crippen molar-refractivity contribution in [3.8, 4) is 0 Å². The molecule has 2 rings (SSSR count). The molecular weight excluding hydrogens is 342 g/mol. The first-order valence-corrected chi connectivity index (χ1v) is 9.65. The van der Waals surface area contributed by atoms with Crippen LogP contribution in [0, 0.1) is 11.8 Å². The molecule has 2 amide bonds. The largest absolute Gasteiger partial charge is 0.343 e. The van der Waals surface area contributed by atoms with E-state index in [1.165, 1.54) is 38.4 Å². The molecule has 0 aliphatic carbocycles. The summed E-state index contributed by atoms with van der Waals surface area (Å²) in [5.74, 6) is 0.311. The Bertz CT molecular complexity index is 751. The molecule has 0 radical (unpaired) electrons. The quantitative estimate of drug-likeness (QED) is 0.833. The van der Waals surface area contributed by atoms with Gasteiger partial charge in [-0.3, -0.25) is 9.59 Å². The van der Waals surface area contributed by atoms with Crippen LogP contribution in [0.25, 0.3) is 0 Å². The predicted octanol–water partition coefficient (Wildman–Crippen LogP) is 0.781. The smallest absolute Gasteiger partial charge is 0.251 e. The minimum Gasteiger partial charge on any atom is -0.343 e. The maximum Gasteiger partial charge on any atom is 0.251 e. The molecule has 0 saturated carbocycles. The Balaban J connectivity index is 2.01. The van der Waals surface area contributed by atoms with Crippen molar-refractivity contribution in [1.82, 2.24) is 14.5 Å². The van der Waals surface area contributed by atoms with Gasteiger partial charge in [-0.25, -0.2) is 12.7 Å². The average Bonchev–Trinajstić information content (AvgIpc) is 2.91.